The number of carbonyl (C=O) groups is 1. The van der Waals surface area contributed by atoms with Crippen LogP contribution in [0.1, 0.15) is 16.1 Å². The van der Waals surface area contributed by atoms with Gasteiger partial charge in [-0.05, 0) is 35.5 Å². The predicted octanol–water partition coefficient (Wildman–Crippen LogP) is 3.24. The van der Waals surface area contributed by atoms with Crippen molar-refractivity contribution in [3.63, 3.8) is 0 Å². The van der Waals surface area contributed by atoms with Gasteiger partial charge in [0.15, 0.2) is 5.76 Å². The molecule has 0 unspecified atom stereocenters. The molecule has 7 nitrogen and oxygen atoms in total. The fraction of sp³-hybridized carbons (Fsp3) is 0.158. The maximum absolute atomic E-state index is 12.4. The summed E-state index contributed by atoms with van der Waals surface area (Å²) in [5.41, 5.74) is 2.47. The Labute approximate surface area is 159 Å². The second-order valence-electron chi connectivity index (χ2n) is 5.87. The number of nitrogens with one attached hydrogen (secondary N) is 1. The topological polar surface area (TPSA) is 85.8 Å². The van der Waals surface area contributed by atoms with E-state index in [9.17, 15) is 4.79 Å². The molecule has 4 rings (SSSR count). The third-order valence-electron chi connectivity index (χ3n) is 4.11. The van der Waals surface area contributed by atoms with E-state index < -0.39 is 0 Å². The van der Waals surface area contributed by atoms with E-state index in [1.54, 1.807) is 4.68 Å². The molecule has 0 bridgehead atoms. The van der Waals surface area contributed by atoms with Gasteiger partial charge in [0.05, 0.1) is 5.69 Å². The highest BCUT2D eigenvalue weighted by atomic mass is 32.2. The summed E-state index contributed by atoms with van der Waals surface area (Å²) in [5.74, 6) is 0.778. The standard InChI is InChI=1S/C19H17N5O2S/c1-13-15-9-5-6-10-16(15)26-17(13)18(25)20-11-12-27-19-21-22-23-24(19)14-7-3-2-4-8-14/h2-10H,11-12H2,1H3,(H,20,25). The third kappa shape index (κ3) is 3.56. The number of hydrogen-bond acceptors (Lipinski definition) is 6. The fourth-order valence-electron chi connectivity index (χ4n) is 2.78. The number of carbonyl (C=O) groups excluding carboxylic acids is 1. The summed E-state index contributed by atoms with van der Waals surface area (Å²) in [5, 5.41) is 16.3. The van der Waals surface area contributed by atoms with Crippen LogP contribution < -0.4 is 5.32 Å². The van der Waals surface area contributed by atoms with Gasteiger partial charge in [0.2, 0.25) is 5.16 Å². The Morgan fingerprint density at radius 2 is 1.93 bits per heavy atom. The molecular formula is C19H17N5O2S. The van der Waals surface area contributed by atoms with Crippen molar-refractivity contribution in [1.29, 1.82) is 0 Å². The minimum absolute atomic E-state index is 0.216. The normalized spacial score (nSPS) is 11.0. The van der Waals surface area contributed by atoms with Crippen molar-refractivity contribution < 1.29 is 9.21 Å². The van der Waals surface area contributed by atoms with Crippen LogP contribution in [0.5, 0.6) is 0 Å². The zero-order chi connectivity index (χ0) is 18.6. The number of benzene rings is 2. The number of furan rings is 1. The number of aromatic nitrogens is 4. The van der Waals surface area contributed by atoms with Crippen LogP contribution >= 0.6 is 11.8 Å². The van der Waals surface area contributed by atoms with Crippen molar-refractivity contribution in [1.82, 2.24) is 25.5 Å². The van der Waals surface area contributed by atoms with Gasteiger partial charge >= 0.3 is 0 Å². The summed E-state index contributed by atoms with van der Waals surface area (Å²) in [6, 6.07) is 17.3. The van der Waals surface area contributed by atoms with Crippen LogP contribution in [-0.2, 0) is 0 Å². The lowest BCUT2D eigenvalue weighted by Gasteiger charge is -2.05. The number of rotatable bonds is 6. The van der Waals surface area contributed by atoms with E-state index in [2.05, 4.69) is 20.8 Å². The maximum atomic E-state index is 12.4. The van der Waals surface area contributed by atoms with Crippen molar-refractivity contribution in [2.75, 3.05) is 12.3 Å². The lowest BCUT2D eigenvalue weighted by atomic mass is 10.1. The second kappa shape index (κ2) is 7.63. The lowest BCUT2D eigenvalue weighted by Crippen LogP contribution is -2.26. The van der Waals surface area contributed by atoms with E-state index in [-0.39, 0.29) is 5.91 Å². The largest absolute Gasteiger partial charge is 0.451 e. The van der Waals surface area contributed by atoms with E-state index in [4.69, 9.17) is 4.42 Å². The van der Waals surface area contributed by atoms with Crippen molar-refractivity contribution in [3.8, 4) is 5.69 Å². The van der Waals surface area contributed by atoms with Crippen LogP contribution in [-0.4, -0.2) is 38.4 Å². The van der Waals surface area contributed by atoms with Crippen molar-refractivity contribution in [3.05, 3.63) is 65.9 Å². The van der Waals surface area contributed by atoms with E-state index in [0.717, 1.165) is 22.2 Å². The third-order valence-corrected chi connectivity index (χ3v) is 5.03. The molecule has 0 aliphatic heterocycles. The Morgan fingerprint density at radius 3 is 2.74 bits per heavy atom. The molecule has 0 fully saturated rings. The average Bonchev–Trinajstić information content (AvgIpc) is 3.31. The smallest absolute Gasteiger partial charge is 0.287 e. The van der Waals surface area contributed by atoms with Gasteiger partial charge in [-0.3, -0.25) is 4.79 Å². The SMILES string of the molecule is Cc1c(C(=O)NCCSc2nnnn2-c2ccccc2)oc2ccccc12. The van der Waals surface area contributed by atoms with Gasteiger partial charge in [0.25, 0.3) is 5.91 Å². The first-order chi connectivity index (χ1) is 13.2. The first kappa shape index (κ1) is 17.3. The Hall–Kier alpha value is -3.13. The monoisotopic (exact) mass is 379 g/mol. The average molecular weight is 379 g/mol. The number of aryl methyl sites for hydroxylation is 1. The first-order valence-electron chi connectivity index (χ1n) is 8.47. The van der Waals surface area contributed by atoms with Gasteiger partial charge < -0.3 is 9.73 Å². The zero-order valence-corrected chi connectivity index (χ0v) is 15.4. The van der Waals surface area contributed by atoms with Crippen LogP contribution in [0.3, 0.4) is 0 Å². The molecule has 136 valence electrons. The minimum atomic E-state index is -0.216. The molecule has 4 aromatic rings. The molecule has 2 heterocycles. The molecular weight excluding hydrogens is 362 g/mol. The van der Waals surface area contributed by atoms with Gasteiger partial charge in [0.1, 0.15) is 5.58 Å². The number of para-hydroxylation sites is 2. The van der Waals surface area contributed by atoms with Crippen LogP contribution in [0.25, 0.3) is 16.7 Å². The minimum Gasteiger partial charge on any atom is -0.451 e. The number of thioether (sulfide) groups is 1. The molecule has 2 aromatic carbocycles. The predicted molar refractivity (Wildman–Crippen MR) is 103 cm³/mol. The number of fused-ring (bicyclic) bond motifs is 1. The summed E-state index contributed by atoms with van der Waals surface area (Å²) in [7, 11) is 0. The highest BCUT2D eigenvalue weighted by Crippen LogP contribution is 2.24. The Morgan fingerprint density at radius 1 is 1.15 bits per heavy atom. The molecule has 0 saturated heterocycles. The van der Waals surface area contributed by atoms with E-state index in [1.807, 2.05) is 61.5 Å². The van der Waals surface area contributed by atoms with Crippen LogP contribution in [0.4, 0.5) is 0 Å². The molecule has 1 amide bonds. The molecule has 0 aliphatic rings. The maximum Gasteiger partial charge on any atom is 0.287 e. The van der Waals surface area contributed by atoms with Crippen LogP contribution in [0.15, 0.2) is 64.2 Å². The van der Waals surface area contributed by atoms with Gasteiger partial charge in [0, 0.05) is 23.2 Å². The molecule has 0 saturated carbocycles. The molecule has 0 aliphatic carbocycles. The first-order valence-corrected chi connectivity index (χ1v) is 9.45. The van der Waals surface area contributed by atoms with Gasteiger partial charge in [-0.2, -0.15) is 4.68 Å². The lowest BCUT2D eigenvalue weighted by molar-refractivity contribution is 0.0930. The molecule has 2 aromatic heterocycles. The Bertz CT molecular complexity index is 1070. The number of amides is 1. The number of hydrogen-bond donors (Lipinski definition) is 1. The molecule has 0 radical (unpaired) electrons. The molecule has 0 spiro atoms. The van der Waals surface area contributed by atoms with Gasteiger partial charge in [-0.15, -0.1) is 5.10 Å². The van der Waals surface area contributed by atoms with E-state index in [1.165, 1.54) is 11.8 Å². The summed E-state index contributed by atoms with van der Waals surface area (Å²) >= 11 is 1.48. The zero-order valence-electron chi connectivity index (χ0n) is 14.6. The summed E-state index contributed by atoms with van der Waals surface area (Å²) in [6.07, 6.45) is 0. The molecule has 0 atom stereocenters. The fourth-order valence-corrected chi connectivity index (χ4v) is 3.52. The number of nitrogens with zero attached hydrogens (tertiary/aromatic N) is 4. The highest BCUT2D eigenvalue weighted by Gasteiger charge is 2.17. The molecule has 1 N–H and O–H groups in total. The quantitative estimate of drug-likeness (QED) is 0.409. The Kier molecular flexibility index (Phi) is 4.88. The second-order valence-corrected chi connectivity index (χ2v) is 6.93. The summed E-state index contributed by atoms with van der Waals surface area (Å²) in [4.78, 5) is 12.4. The molecule has 27 heavy (non-hydrogen) atoms. The van der Waals surface area contributed by atoms with Crippen molar-refractivity contribution >= 4 is 28.6 Å². The molecule has 8 heteroatoms. The summed E-state index contributed by atoms with van der Waals surface area (Å²) in [6.45, 7) is 2.37. The number of tetrazole rings is 1. The van der Waals surface area contributed by atoms with Crippen LogP contribution in [0.2, 0.25) is 0 Å². The van der Waals surface area contributed by atoms with E-state index in [0.29, 0.717) is 23.2 Å². The summed E-state index contributed by atoms with van der Waals surface area (Å²) < 4.78 is 7.36. The van der Waals surface area contributed by atoms with E-state index >= 15 is 0 Å². The highest BCUT2D eigenvalue weighted by molar-refractivity contribution is 7.99. The van der Waals surface area contributed by atoms with Crippen molar-refractivity contribution in [2.24, 2.45) is 0 Å². The van der Waals surface area contributed by atoms with Crippen molar-refractivity contribution in [2.45, 2.75) is 12.1 Å². The van der Waals surface area contributed by atoms with Gasteiger partial charge in [-0.25, -0.2) is 0 Å². The Balaban J connectivity index is 1.36. The van der Waals surface area contributed by atoms with Gasteiger partial charge in [-0.1, -0.05) is 48.2 Å². The van der Waals surface area contributed by atoms with Crippen LogP contribution in [0, 0.1) is 6.92 Å².